The predicted octanol–water partition coefficient (Wildman–Crippen LogP) is 7.58. The van der Waals surface area contributed by atoms with Crippen LogP contribution in [0.4, 0.5) is 0 Å². The lowest BCUT2D eigenvalue weighted by molar-refractivity contribution is 0.611. The van der Waals surface area contributed by atoms with Crippen LogP contribution in [0, 0.1) is 0 Å². The second-order valence-electron chi connectivity index (χ2n) is 5.41. The molecule has 0 saturated heterocycles. The van der Waals surface area contributed by atoms with Crippen LogP contribution in [-0.2, 0) is 0 Å². The third-order valence-corrected chi connectivity index (χ3v) is 4.31. The minimum atomic E-state index is 1.25. The van der Waals surface area contributed by atoms with E-state index in [1.807, 2.05) is 0 Å². The largest absolute Gasteiger partial charge is 0.0845 e. The summed E-state index contributed by atoms with van der Waals surface area (Å²) in [6, 6.07) is 0. The molecule has 0 saturated carbocycles. The van der Waals surface area contributed by atoms with Crippen LogP contribution in [0.15, 0.2) is 21.8 Å². The fourth-order valence-corrected chi connectivity index (χ4v) is 2.70. The van der Waals surface area contributed by atoms with Gasteiger partial charge < -0.3 is 0 Å². The summed E-state index contributed by atoms with van der Waals surface area (Å²) in [6.45, 7) is 4.55. The zero-order valence-electron chi connectivity index (χ0n) is 13.1. The van der Waals surface area contributed by atoms with Crippen LogP contribution in [0.5, 0.6) is 0 Å². The van der Waals surface area contributed by atoms with Gasteiger partial charge in [0.15, 0.2) is 0 Å². The fraction of sp³-hybridized carbons (Fsp3) is 0.778. The van der Waals surface area contributed by atoms with Crippen molar-refractivity contribution in [2.24, 2.45) is 0 Å². The summed E-state index contributed by atoms with van der Waals surface area (Å²) in [5.41, 5.74) is 0. The second-order valence-corrected chi connectivity index (χ2v) is 6.79. The maximum Gasteiger partial charge on any atom is -0.00942 e. The lowest BCUT2D eigenvalue weighted by Crippen LogP contribution is -1.78. The molecular formula is C18H33I. The average molecular weight is 376 g/mol. The number of halogens is 1. The Hall–Kier alpha value is 0.210. The van der Waals surface area contributed by atoms with Crippen LogP contribution < -0.4 is 0 Å². The normalized spacial score (nSPS) is 12.5. The van der Waals surface area contributed by atoms with E-state index in [-0.39, 0.29) is 0 Å². The van der Waals surface area contributed by atoms with Gasteiger partial charge in [0.05, 0.1) is 0 Å². The first-order valence-corrected chi connectivity index (χ1v) is 9.40. The Morgan fingerprint density at radius 1 is 0.789 bits per heavy atom. The number of hydrogen-bond donors (Lipinski definition) is 0. The summed E-state index contributed by atoms with van der Waals surface area (Å²) in [5.74, 6) is 0. The van der Waals surface area contributed by atoms with Crippen LogP contribution in [0.25, 0.3) is 0 Å². The topological polar surface area (TPSA) is 0 Å². The van der Waals surface area contributed by atoms with Crippen LogP contribution >= 0.6 is 22.6 Å². The first-order chi connectivity index (χ1) is 9.31. The molecule has 0 nitrogen and oxygen atoms in total. The van der Waals surface area contributed by atoms with Gasteiger partial charge in [0.2, 0.25) is 0 Å². The van der Waals surface area contributed by atoms with Gasteiger partial charge in [0.1, 0.15) is 0 Å². The van der Waals surface area contributed by atoms with E-state index in [1.54, 1.807) is 0 Å². The van der Waals surface area contributed by atoms with Crippen molar-refractivity contribution in [2.75, 3.05) is 0 Å². The highest BCUT2D eigenvalue weighted by atomic mass is 127. The molecule has 0 aliphatic rings. The van der Waals surface area contributed by atoms with Gasteiger partial charge in [0.25, 0.3) is 0 Å². The molecule has 19 heavy (non-hydrogen) atoms. The summed E-state index contributed by atoms with van der Waals surface area (Å²) >= 11 is 2.49. The number of rotatable bonds is 13. The van der Waals surface area contributed by atoms with E-state index in [4.69, 9.17) is 0 Å². The van der Waals surface area contributed by atoms with Crippen LogP contribution in [0.2, 0.25) is 0 Å². The Balaban J connectivity index is 3.38. The Kier molecular flexibility index (Phi) is 16.4. The quantitative estimate of drug-likeness (QED) is 0.176. The molecule has 112 valence electrons. The lowest BCUT2D eigenvalue weighted by Gasteiger charge is -1.98. The Labute approximate surface area is 135 Å². The van der Waals surface area contributed by atoms with E-state index in [9.17, 15) is 0 Å². The molecule has 0 aromatic heterocycles. The molecule has 0 bridgehead atoms. The molecule has 0 aromatic rings. The minimum Gasteiger partial charge on any atom is -0.0845 e. The Morgan fingerprint density at radius 3 is 2.05 bits per heavy atom. The summed E-state index contributed by atoms with van der Waals surface area (Å²) in [6.07, 6.45) is 23.2. The molecule has 0 N–H and O–H groups in total. The number of allylic oxidation sites excluding steroid dienone is 4. The van der Waals surface area contributed by atoms with E-state index >= 15 is 0 Å². The van der Waals surface area contributed by atoms with E-state index < -0.39 is 0 Å². The fourth-order valence-electron chi connectivity index (χ4n) is 2.12. The molecule has 0 fully saturated rings. The van der Waals surface area contributed by atoms with Crippen molar-refractivity contribution >= 4 is 22.6 Å². The van der Waals surface area contributed by atoms with Crippen molar-refractivity contribution in [2.45, 2.75) is 90.9 Å². The van der Waals surface area contributed by atoms with Crippen LogP contribution in [0.3, 0.4) is 0 Å². The molecular weight excluding hydrogens is 343 g/mol. The van der Waals surface area contributed by atoms with Gasteiger partial charge >= 0.3 is 0 Å². The molecule has 1 heteroatoms. The van der Waals surface area contributed by atoms with E-state index in [0.717, 1.165) is 0 Å². The van der Waals surface area contributed by atoms with Crippen LogP contribution in [0.1, 0.15) is 90.9 Å². The van der Waals surface area contributed by atoms with Gasteiger partial charge in [-0.25, -0.2) is 0 Å². The number of unbranched alkanes of at least 4 members (excludes halogenated alkanes) is 9. The third kappa shape index (κ3) is 16.2. The smallest absolute Gasteiger partial charge is 0.00942 e. The molecule has 0 aliphatic heterocycles. The zero-order valence-corrected chi connectivity index (χ0v) is 15.3. The maximum atomic E-state index is 2.49. The summed E-state index contributed by atoms with van der Waals surface area (Å²) in [7, 11) is 0. The van der Waals surface area contributed by atoms with Crippen molar-refractivity contribution in [3.63, 3.8) is 0 Å². The summed E-state index contributed by atoms with van der Waals surface area (Å²) < 4.78 is 1.51. The van der Waals surface area contributed by atoms with Crippen molar-refractivity contribution < 1.29 is 0 Å². The van der Waals surface area contributed by atoms with Gasteiger partial charge in [0, 0.05) is 0 Å². The van der Waals surface area contributed by atoms with Gasteiger partial charge in [-0.1, -0.05) is 83.4 Å². The minimum absolute atomic E-state index is 1.25. The van der Waals surface area contributed by atoms with E-state index in [0.29, 0.717) is 0 Å². The lowest BCUT2D eigenvalue weighted by atomic mass is 10.1. The molecule has 0 heterocycles. The van der Waals surface area contributed by atoms with Gasteiger partial charge in [-0.2, -0.15) is 0 Å². The second kappa shape index (κ2) is 16.3. The van der Waals surface area contributed by atoms with Crippen LogP contribution in [-0.4, -0.2) is 0 Å². The summed E-state index contributed by atoms with van der Waals surface area (Å²) in [5, 5.41) is 0. The summed E-state index contributed by atoms with van der Waals surface area (Å²) in [4.78, 5) is 0. The molecule has 0 atom stereocenters. The molecule has 0 aromatic carbocycles. The third-order valence-electron chi connectivity index (χ3n) is 3.41. The van der Waals surface area contributed by atoms with Crippen molar-refractivity contribution in [3.8, 4) is 0 Å². The molecule has 0 rings (SSSR count). The highest BCUT2D eigenvalue weighted by molar-refractivity contribution is 14.1. The highest BCUT2D eigenvalue weighted by Crippen LogP contribution is 2.16. The van der Waals surface area contributed by atoms with Gasteiger partial charge in [-0.15, -0.1) is 0 Å². The van der Waals surface area contributed by atoms with Crippen molar-refractivity contribution in [1.82, 2.24) is 0 Å². The number of hydrogen-bond acceptors (Lipinski definition) is 0. The molecule has 0 aliphatic carbocycles. The zero-order chi connectivity index (χ0) is 14.2. The maximum absolute atomic E-state index is 2.49. The molecule has 0 radical (unpaired) electrons. The van der Waals surface area contributed by atoms with Gasteiger partial charge in [-0.05, 0) is 51.9 Å². The average Bonchev–Trinajstić information content (AvgIpc) is 2.42. The van der Waals surface area contributed by atoms with E-state index in [2.05, 4.69) is 54.7 Å². The monoisotopic (exact) mass is 376 g/mol. The first kappa shape index (κ1) is 19.2. The predicted molar refractivity (Wildman–Crippen MR) is 98.0 cm³/mol. The highest BCUT2D eigenvalue weighted by Gasteiger charge is 1.91. The standard InChI is InChI=1S/C18H33I/c1-3-5-7-9-10-11-12-13-15-17-18(19)16-14-8-6-4-2/h13,15,17H,3-12,14,16H2,1-2H3/b15-13+,18-17+. The molecule has 0 amide bonds. The van der Waals surface area contributed by atoms with Crippen molar-refractivity contribution in [1.29, 1.82) is 0 Å². The van der Waals surface area contributed by atoms with Gasteiger partial charge in [-0.3, -0.25) is 0 Å². The van der Waals surface area contributed by atoms with Crippen molar-refractivity contribution in [3.05, 3.63) is 21.8 Å². The molecule has 0 spiro atoms. The first-order valence-electron chi connectivity index (χ1n) is 8.32. The molecule has 0 unspecified atom stereocenters. The SMILES string of the molecule is CCCCCCCC/C=C/C=C(/I)CCCCCC. The Bertz CT molecular complexity index is 228. The van der Waals surface area contributed by atoms with E-state index in [1.165, 1.54) is 80.6 Å². The Morgan fingerprint density at radius 2 is 1.37 bits per heavy atom.